The lowest BCUT2D eigenvalue weighted by atomic mass is 10.1. The molecule has 0 radical (unpaired) electrons. The zero-order chi connectivity index (χ0) is 13.3. The molecule has 96 valence electrons. The first-order valence-corrected chi connectivity index (χ1v) is 5.48. The van der Waals surface area contributed by atoms with E-state index >= 15 is 0 Å². The maximum absolute atomic E-state index is 12.1. The molecule has 3 N–H and O–H groups in total. The normalized spacial score (nSPS) is 23.1. The van der Waals surface area contributed by atoms with Crippen LogP contribution < -0.4 is 0 Å². The van der Waals surface area contributed by atoms with Crippen molar-refractivity contribution < 1.29 is 24.9 Å². The third-order valence-corrected chi connectivity index (χ3v) is 2.93. The van der Waals surface area contributed by atoms with Crippen molar-refractivity contribution in [2.24, 2.45) is 0 Å². The number of hydrogen-bond donors (Lipinski definition) is 3. The SMILES string of the molecule is O=C(O)c1ccccc1C(=O)N1CC(O)C(O)C1. The van der Waals surface area contributed by atoms with Crippen molar-refractivity contribution >= 4 is 11.9 Å². The Balaban J connectivity index is 2.27. The molecule has 2 rings (SSSR count). The summed E-state index contributed by atoms with van der Waals surface area (Å²) >= 11 is 0. The van der Waals surface area contributed by atoms with Gasteiger partial charge in [-0.25, -0.2) is 4.79 Å². The summed E-state index contributed by atoms with van der Waals surface area (Å²) in [5.74, 6) is -1.68. The third kappa shape index (κ3) is 2.20. The lowest BCUT2D eigenvalue weighted by molar-refractivity contribution is 0.0572. The van der Waals surface area contributed by atoms with Crippen LogP contribution in [0.15, 0.2) is 24.3 Å². The van der Waals surface area contributed by atoms with Crippen LogP contribution in [0.25, 0.3) is 0 Å². The fourth-order valence-corrected chi connectivity index (χ4v) is 1.96. The Morgan fingerprint density at radius 2 is 1.56 bits per heavy atom. The van der Waals surface area contributed by atoms with Gasteiger partial charge in [0.15, 0.2) is 0 Å². The van der Waals surface area contributed by atoms with E-state index in [2.05, 4.69) is 0 Å². The van der Waals surface area contributed by atoms with Crippen molar-refractivity contribution in [3.8, 4) is 0 Å². The van der Waals surface area contributed by atoms with Crippen LogP contribution >= 0.6 is 0 Å². The number of carboxylic acids is 1. The van der Waals surface area contributed by atoms with E-state index in [1.54, 1.807) is 6.07 Å². The van der Waals surface area contributed by atoms with Gasteiger partial charge in [-0.05, 0) is 12.1 Å². The van der Waals surface area contributed by atoms with Crippen molar-refractivity contribution in [3.05, 3.63) is 35.4 Å². The first kappa shape index (κ1) is 12.5. The lowest BCUT2D eigenvalue weighted by Gasteiger charge is -2.16. The Morgan fingerprint density at radius 1 is 1.06 bits per heavy atom. The zero-order valence-corrected chi connectivity index (χ0v) is 9.48. The topological polar surface area (TPSA) is 98.1 Å². The summed E-state index contributed by atoms with van der Waals surface area (Å²) in [5.41, 5.74) is -0.0234. The summed E-state index contributed by atoms with van der Waals surface area (Å²) in [5, 5.41) is 27.8. The second-order valence-electron chi connectivity index (χ2n) is 4.20. The van der Waals surface area contributed by atoms with Gasteiger partial charge in [-0.1, -0.05) is 12.1 Å². The van der Waals surface area contributed by atoms with Gasteiger partial charge in [-0.3, -0.25) is 4.79 Å². The minimum absolute atomic E-state index is 0.00789. The minimum atomic E-state index is -1.18. The number of carbonyl (C=O) groups is 2. The van der Waals surface area contributed by atoms with E-state index in [0.29, 0.717) is 0 Å². The Hall–Kier alpha value is -1.92. The molecule has 0 spiro atoms. The highest BCUT2D eigenvalue weighted by atomic mass is 16.4. The van der Waals surface area contributed by atoms with Crippen LogP contribution in [0.5, 0.6) is 0 Å². The molecule has 6 nitrogen and oxygen atoms in total. The van der Waals surface area contributed by atoms with Crippen LogP contribution in [-0.4, -0.2) is 57.4 Å². The van der Waals surface area contributed by atoms with Gasteiger partial charge in [0.2, 0.25) is 0 Å². The third-order valence-electron chi connectivity index (χ3n) is 2.93. The number of likely N-dealkylation sites (tertiary alicyclic amines) is 1. The van der Waals surface area contributed by atoms with E-state index < -0.39 is 24.1 Å². The Morgan fingerprint density at radius 3 is 2.06 bits per heavy atom. The smallest absolute Gasteiger partial charge is 0.336 e. The highest BCUT2D eigenvalue weighted by Gasteiger charge is 2.34. The second kappa shape index (κ2) is 4.75. The van der Waals surface area contributed by atoms with Gasteiger partial charge >= 0.3 is 5.97 Å². The van der Waals surface area contributed by atoms with Crippen molar-refractivity contribution in [1.29, 1.82) is 0 Å². The predicted molar refractivity (Wildman–Crippen MR) is 61.3 cm³/mol. The Labute approximate surface area is 103 Å². The van der Waals surface area contributed by atoms with Gasteiger partial charge in [0, 0.05) is 13.1 Å². The summed E-state index contributed by atoms with van der Waals surface area (Å²) in [6, 6.07) is 5.87. The van der Waals surface area contributed by atoms with Gasteiger partial charge in [-0.15, -0.1) is 0 Å². The number of β-amino-alcohol motifs (C(OH)–C–C–N with tert-alkyl or cyclic N) is 2. The van der Waals surface area contributed by atoms with E-state index in [1.165, 1.54) is 23.1 Å². The zero-order valence-electron chi connectivity index (χ0n) is 9.48. The molecular formula is C12H13NO5. The van der Waals surface area contributed by atoms with Gasteiger partial charge < -0.3 is 20.2 Å². The molecule has 1 amide bonds. The molecule has 0 aliphatic carbocycles. The van der Waals surface area contributed by atoms with Crippen molar-refractivity contribution in [1.82, 2.24) is 4.90 Å². The maximum Gasteiger partial charge on any atom is 0.336 e. The summed E-state index contributed by atoms with van der Waals surface area (Å²) in [7, 11) is 0. The molecule has 1 aliphatic rings. The minimum Gasteiger partial charge on any atom is -0.478 e. The van der Waals surface area contributed by atoms with Crippen molar-refractivity contribution in [3.63, 3.8) is 0 Å². The highest BCUT2D eigenvalue weighted by molar-refractivity contribution is 6.04. The molecule has 2 unspecified atom stereocenters. The van der Waals surface area contributed by atoms with Crippen LogP contribution in [0.4, 0.5) is 0 Å². The molecule has 1 aromatic carbocycles. The van der Waals surface area contributed by atoms with Crippen LogP contribution in [0.2, 0.25) is 0 Å². The molecule has 6 heteroatoms. The Bertz CT molecular complexity index is 477. The summed E-state index contributed by atoms with van der Waals surface area (Å²) in [6.45, 7) is 0.0158. The molecule has 0 bridgehead atoms. The molecule has 1 fully saturated rings. The van der Waals surface area contributed by atoms with Crippen LogP contribution in [0.1, 0.15) is 20.7 Å². The van der Waals surface area contributed by atoms with Crippen molar-refractivity contribution in [2.75, 3.05) is 13.1 Å². The number of nitrogens with zero attached hydrogens (tertiary/aromatic N) is 1. The number of carbonyl (C=O) groups excluding carboxylic acids is 1. The first-order valence-electron chi connectivity index (χ1n) is 5.48. The van der Waals surface area contributed by atoms with E-state index in [4.69, 9.17) is 5.11 Å². The van der Waals surface area contributed by atoms with E-state index in [1.807, 2.05) is 0 Å². The van der Waals surface area contributed by atoms with Gasteiger partial charge in [0.1, 0.15) is 0 Å². The molecule has 1 saturated heterocycles. The van der Waals surface area contributed by atoms with Crippen LogP contribution in [0, 0.1) is 0 Å². The fraction of sp³-hybridized carbons (Fsp3) is 0.333. The van der Waals surface area contributed by atoms with Crippen molar-refractivity contribution in [2.45, 2.75) is 12.2 Å². The molecule has 1 aliphatic heterocycles. The molecule has 2 atom stereocenters. The number of hydrogen-bond acceptors (Lipinski definition) is 4. The van der Waals surface area contributed by atoms with Crippen LogP contribution in [0.3, 0.4) is 0 Å². The average Bonchev–Trinajstić information content (AvgIpc) is 2.68. The molecule has 0 saturated carbocycles. The quantitative estimate of drug-likeness (QED) is 0.662. The average molecular weight is 251 g/mol. The second-order valence-corrected chi connectivity index (χ2v) is 4.20. The number of carboxylic acid groups (broad SMARTS) is 1. The largest absolute Gasteiger partial charge is 0.478 e. The number of aromatic carboxylic acids is 1. The van der Waals surface area contributed by atoms with E-state index in [-0.39, 0.29) is 24.2 Å². The highest BCUT2D eigenvalue weighted by Crippen LogP contribution is 2.17. The molecule has 1 aromatic rings. The maximum atomic E-state index is 12.1. The van der Waals surface area contributed by atoms with E-state index in [0.717, 1.165) is 0 Å². The lowest BCUT2D eigenvalue weighted by Crippen LogP contribution is -2.31. The standard InChI is InChI=1S/C12H13NO5/c14-9-5-13(6-10(9)15)11(16)7-3-1-2-4-8(7)12(17)18/h1-4,9-10,14-15H,5-6H2,(H,17,18). The summed E-state index contributed by atoms with van der Waals surface area (Å²) in [6.07, 6.45) is -1.96. The summed E-state index contributed by atoms with van der Waals surface area (Å²) in [4.78, 5) is 24.4. The van der Waals surface area contributed by atoms with Gasteiger partial charge in [-0.2, -0.15) is 0 Å². The molecule has 1 heterocycles. The number of aliphatic hydroxyl groups is 2. The van der Waals surface area contributed by atoms with E-state index in [9.17, 15) is 19.8 Å². The number of benzene rings is 1. The monoisotopic (exact) mass is 251 g/mol. The first-order chi connectivity index (χ1) is 8.50. The molecule has 18 heavy (non-hydrogen) atoms. The molecular weight excluding hydrogens is 238 g/mol. The van der Waals surface area contributed by atoms with Gasteiger partial charge in [0.25, 0.3) is 5.91 Å². The molecule has 0 aromatic heterocycles. The number of amides is 1. The van der Waals surface area contributed by atoms with Crippen LogP contribution in [-0.2, 0) is 0 Å². The number of aliphatic hydroxyl groups excluding tert-OH is 2. The predicted octanol–water partition coefficient (Wildman–Crippen LogP) is -0.438. The number of rotatable bonds is 2. The summed E-state index contributed by atoms with van der Waals surface area (Å²) < 4.78 is 0. The van der Waals surface area contributed by atoms with Gasteiger partial charge in [0.05, 0.1) is 23.3 Å². The fourth-order valence-electron chi connectivity index (χ4n) is 1.96. The Kier molecular flexibility index (Phi) is 3.31.